The Labute approximate surface area is 143 Å². The highest BCUT2D eigenvalue weighted by molar-refractivity contribution is 5.79. The van der Waals surface area contributed by atoms with Crippen LogP contribution in [0.25, 0.3) is 0 Å². The second kappa shape index (κ2) is 9.27. The fourth-order valence-electron chi connectivity index (χ4n) is 2.86. The molecule has 2 rings (SSSR count). The summed E-state index contributed by atoms with van der Waals surface area (Å²) in [6.07, 6.45) is 3.09. The number of hydrogen-bond donors (Lipinski definition) is 3. The molecule has 0 radical (unpaired) electrons. The standard InChI is InChI=1S/C18H28N4O2/c1-2-9-20-18(24)13-22-10-7-16(8-11-22)21-17(23)12-14-3-5-15(19)6-4-14/h3-6,16H,2,7-13,19H2,1H3,(H,20,24)(H,21,23). The molecule has 2 amide bonds. The molecule has 0 bridgehead atoms. The molecule has 4 N–H and O–H groups in total. The smallest absolute Gasteiger partial charge is 0.234 e. The number of hydrogen-bond acceptors (Lipinski definition) is 4. The number of benzene rings is 1. The van der Waals surface area contributed by atoms with E-state index in [9.17, 15) is 9.59 Å². The molecule has 6 heteroatoms. The lowest BCUT2D eigenvalue weighted by molar-refractivity contribution is -0.124. The number of rotatable bonds is 7. The fourth-order valence-corrected chi connectivity index (χ4v) is 2.86. The van der Waals surface area contributed by atoms with Gasteiger partial charge in [-0.2, -0.15) is 0 Å². The van der Waals surface area contributed by atoms with Crippen molar-refractivity contribution >= 4 is 17.5 Å². The Morgan fingerprint density at radius 3 is 2.46 bits per heavy atom. The third-order valence-electron chi connectivity index (χ3n) is 4.24. The van der Waals surface area contributed by atoms with Gasteiger partial charge in [0.05, 0.1) is 13.0 Å². The average Bonchev–Trinajstić information content (AvgIpc) is 2.57. The van der Waals surface area contributed by atoms with E-state index in [1.54, 1.807) is 0 Å². The first-order chi connectivity index (χ1) is 11.6. The monoisotopic (exact) mass is 332 g/mol. The van der Waals surface area contributed by atoms with E-state index in [-0.39, 0.29) is 17.9 Å². The molecule has 1 saturated heterocycles. The summed E-state index contributed by atoms with van der Waals surface area (Å²) >= 11 is 0. The van der Waals surface area contributed by atoms with E-state index in [2.05, 4.69) is 15.5 Å². The molecule has 0 spiro atoms. The van der Waals surface area contributed by atoms with Crippen molar-refractivity contribution in [3.63, 3.8) is 0 Å². The molecule has 132 valence electrons. The molecule has 1 heterocycles. The van der Waals surface area contributed by atoms with Crippen LogP contribution in [0.1, 0.15) is 31.7 Å². The Morgan fingerprint density at radius 2 is 1.83 bits per heavy atom. The number of amides is 2. The minimum atomic E-state index is 0.0407. The summed E-state index contributed by atoms with van der Waals surface area (Å²) in [5.41, 5.74) is 7.32. The number of carbonyl (C=O) groups excluding carboxylic acids is 2. The lowest BCUT2D eigenvalue weighted by Gasteiger charge is -2.31. The number of nitrogens with two attached hydrogens (primary N) is 1. The summed E-state index contributed by atoms with van der Waals surface area (Å²) in [6.45, 7) is 4.90. The SMILES string of the molecule is CCCNC(=O)CN1CCC(NC(=O)Cc2ccc(N)cc2)CC1. The van der Waals surface area contributed by atoms with Gasteiger partial charge >= 0.3 is 0 Å². The van der Waals surface area contributed by atoms with E-state index >= 15 is 0 Å². The van der Waals surface area contributed by atoms with E-state index in [4.69, 9.17) is 5.73 Å². The van der Waals surface area contributed by atoms with Crippen molar-refractivity contribution in [3.05, 3.63) is 29.8 Å². The third kappa shape index (κ3) is 6.20. The number of piperidine rings is 1. The van der Waals surface area contributed by atoms with Crippen LogP contribution in [-0.2, 0) is 16.0 Å². The summed E-state index contributed by atoms with van der Waals surface area (Å²) in [5.74, 6) is 0.126. The van der Waals surface area contributed by atoms with E-state index in [0.717, 1.165) is 44.5 Å². The molecule has 1 aromatic carbocycles. The van der Waals surface area contributed by atoms with Crippen LogP contribution in [0.3, 0.4) is 0 Å². The van der Waals surface area contributed by atoms with Crippen LogP contribution in [0.2, 0.25) is 0 Å². The highest BCUT2D eigenvalue weighted by Crippen LogP contribution is 2.11. The van der Waals surface area contributed by atoms with Gasteiger partial charge in [0.25, 0.3) is 0 Å². The largest absolute Gasteiger partial charge is 0.399 e. The van der Waals surface area contributed by atoms with Crippen molar-refractivity contribution in [2.75, 3.05) is 31.9 Å². The Kier molecular flexibility index (Phi) is 7.06. The Morgan fingerprint density at radius 1 is 1.17 bits per heavy atom. The van der Waals surface area contributed by atoms with Crippen LogP contribution in [0, 0.1) is 0 Å². The zero-order chi connectivity index (χ0) is 17.4. The number of likely N-dealkylation sites (tertiary alicyclic amines) is 1. The van der Waals surface area contributed by atoms with Crippen molar-refractivity contribution in [2.24, 2.45) is 0 Å². The number of anilines is 1. The molecule has 1 fully saturated rings. The molecule has 1 aliphatic rings. The highest BCUT2D eigenvalue weighted by Gasteiger charge is 2.21. The third-order valence-corrected chi connectivity index (χ3v) is 4.24. The zero-order valence-corrected chi connectivity index (χ0v) is 14.4. The van der Waals surface area contributed by atoms with Crippen LogP contribution in [0.5, 0.6) is 0 Å². The van der Waals surface area contributed by atoms with E-state index in [0.29, 0.717) is 18.7 Å². The summed E-state index contributed by atoms with van der Waals surface area (Å²) in [5, 5.41) is 5.99. The van der Waals surface area contributed by atoms with E-state index in [1.807, 2.05) is 31.2 Å². The Bertz CT molecular complexity index is 536. The summed E-state index contributed by atoms with van der Waals surface area (Å²) in [4.78, 5) is 26.0. The first-order valence-corrected chi connectivity index (χ1v) is 8.69. The van der Waals surface area contributed by atoms with Crippen molar-refractivity contribution < 1.29 is 9.59 Å². The minimum absolute atomic E-state index is 0.0407. The maximum Gasteiger partial charge on any atom is 0.234 e. The summed E-state index contributed by atoms with van der Waals surface area (Å²) in [7, 11) is 0. The topological polar surface area (TPSA) is 87.5 Å². The van der Waals surface area contributed by atoms with E-state index < -0.39 is 0 Å². The molecule has 0 unspecified atom stereocenters. The van der Waals surface area contributed by atoms with Crippen molar-refractivity contribution in [2.45, 2.75) is 38.6 Å². The molecule has 0 aliphatic carbocycles. The van der Waals surface area contributed by atoms with Gasteiger partial charge in [0.15, 0.2) is 0 Å². The van der Waals surface area contributed by atoms with Crippen LogP contribution in [-0.4, -0.2) is 48.9 Å². The van der Waals surface area contributed by atoms with Gasteiger partial charge in [-0.15, -0.1) is 0 Å². The van der Waals surface area contributed by atoms with Gasteiger partial charge < -0.3 is 16.4 Å². The number of carbonyl (C=O) groups is 2. The fraction of sp³-hybridized carbons (Fsp3) is 0.556. The molecular formula is C18H28N4O2. The van der Waals surface area contributed by atoms with Gasteiger partial charge in [-0.05, 0) is 37.0 Å². The quantitative estimate of drug-likeness (QED) is 0.648. The number of nitrogens with zero attached hydrogens (tertiary/aromatic N) is 1. The van der Waals surface area contributed by atoms with Crippen molar-refractivity contribution in [3.8, 4) is 0 Å². The number of nitrogen functional groups attached to an aromatic ring is 1. The van der Waals surface area contributed by atoms with Gasteiger partial charge in [-0.3, -0.25) is 14.5 Å². The van der Waals surface area contributed by atoms with Gasteiger partial charge in [0.1, 0.15) is 0 Å². The zero-order valence-electron chi connectivity index (χ0n) is 14.4. The highest BCUT2D eigenvalue weighted by atomic mass is 16.2. The lowest BCUT2D eigenvalue weighted by atomic mass is 10.0. The molecule has 1 aliphatic heterocycles. The summed E-state index contributed by atoms with van der Waals surface area (Å²) < 4.78 is 0. The van der Waals surface area contributed by atoms with E-state index in [1.165, 1.54) is 0 Å². The van der Waals surface area contributed by atoms with Gasteiger partial charge in [0.2, 0.25) is 11.8 Å². The normalized spacial score (nSPS) is 15.9. The maximum atomic E-state index is 12.1. The first kappa shape index (κ1) is 18.3. The second-order valence-corrected chi connectivity index (χ2v) is 6.39. The number of nitrogens with one attached hydrogen (secondary N) is 2. The van der Waals surface area contributed by atoms with Gasteiger partial charge in [0, 0.05) is 31.4 Å². The first-order valence-electron chi connectivity index (χ1n) is 8.69. The second-order valence-electron chi connectivity index (χ2n) is 6.39. The van der Waals surface area contributed by atoms with Crippen LogP contribution in [0.4, 0.5) is 5.69 Å². The Hall–Kier alpha value is -2.08. The maximum absolute atomic E-state index is 12.1. The van der Waals surface area contributed by atoms with Crippen LogP contribution in [0.15, 0.2) is 24.3 Å². The predicted molar refractivity (Wildman–Crippen MR) is 95.5 cm³/mol. The summed E-state index contributed by atoms with van der Waals surface area (Å²) in [6, 6.07) is 7.58. The minimum Gasteiger partial charge on any atom is -0.399 e. The lowest BCUT2D eigenvalue weighted by Crippen LogP contribution is -2.47. The van der Waals surface area contributed by atoms with Crippen molar-refractivity contribution in [1.29, 1.82) is 0 Å². The predicted octanol–water partition coefficient (Wildman–Crippen LogP) is 0.918. The molecule has 1 aromatic rings. The molecule has 6 nitrogen and oxygen atoms in total. The molecular weight excluding hydrogens is 304 g/mol. The molecule has 0 saturated carbocycles. The molecule has 0 aromatic heterocycles. The molecule has 0 atom stereocenters. The van der Waals surface area contributed by atoms with Crippen LogP contribution >= 0.6 is 0 Å². The van der Waals surface area contributed by atoms with Gasteiger partial charge in [-0.25, -0.2) is 0 Å². The van der Waals surface area contributed by atoms with Crippen molar-refractivity contribution in [1.82, 2.24) is 15.5 Å². The Balaban J connectivity index is 1.67. The van der Waals surface area contributed by atoms with Crippen LogP contribution < -0.4 is 16.4 Å². The molecule has 24 heavy (non-hydrogen) atoms. The average molecular weight is 332 g/mol. The van der Waals surface area contributed by atoms with Gasteiger partial charge in [-0.1, -0.05) is 19.1 Å².